The molecule has 0 aromatic heterocycles. The first kappa shape index (κ1) is 24.8. The van der Waals surface area contributed by atoms with Gasteiger partial charge < -0.3 is 9.64 Å². The van der Waals surface area contributed by atoms with Gasteiger partial charge in [-0.3, -0.25) is 9.69 Å². The highest BCUT2D eigenvalue weighted by molar-refractivity contribution is 5.79. The fraction of sp³-hybridized carbons (Fsp3) is 0.536. The molecule has 0 aliphatic carbocycles. The summed E-state index contributed by atoms with van der Waals surface area (Å²) in [4.78, 5) is 17.9. The van der Waals surface area contributed by atoms with Crippen molar-refractivity contribution in [3.05, 3.63) is 71.3 Å². The molecule has 2 aromatic rings. The van der Waals surface area contributed by atoms with Crippen molar-refractivity contribution in [2.45, 2.75) is 51.6 Å². The number of likely N-dealkylation sites (tertiary alicyclic amines) is 1. The summed E-state index contributed by atoms with van der Waals surface area (Å²) >= 11 is 0. The van der Waals surface area contributed by atoms with Gasteiger partial charge in [-0.2, -0.15) is 0 Å². The molecular formula is C28H36F2N2O2. The highest BCUT2D eigenvalue weighted by Gasteiger charge is 2.35. The maximum absolute atomic E-state index is 14.2. The predicted octanol–water partition coefficient (Wildman–Crippen LogP) is 5.06. The molecule has 4 nitrogen and oxygen atoms in total. The molecule has 6 heteroatoms. The van der Waals surface area contributed by atoms with Crippen molar-refractivity contribution in [1.29, 1.82) is 0 Å². The summed E-state index contributed by atoms with van der Waals surface area (Å²) in [5.74, 6) is -0.324. The van der Waals surface area contributed by atoms with Gasteiger partial charge in [-0.15, -0.1) is 0 Å². The summed E-state index contributed by atoms with van der Waals surface area (Å²) in [6, 6.07) is 14.4. The maximum atomic E-state index is 14.2. The molecule has 2 aromatic carbocycles. The van der Waals surface area contributed by atoms with Crippen molar-refractivity contribution >= 4 is 5.91 Å². The van der Waals surface area contributed by atoms with Crippen LogP contribution in [-0.4, -0.2) is 54.6 Å². The molecule has 0 saturated carbocycles. The van der Waals surface area contributed by atoms with Crippen molar-refractivity contribution < 1.29 is 18.3 Å². The van der Waals surface area contributed by atoms with Gasteiger partial charge in [-0.25, -0.2) is 8.78 Å². The zero-order valence-electron chi connectivity index (χ0n) is 20.1. The number of hydrogen-bond donors (Lipinski definition) is 0. The fourth-order valence-electron chi connectivity index (χ4n) is 5.51. The van der Waals surface area contributed by atoms with Crippen LogP contribution in [0, 0.1) is 23.5 Å². The zero-order valence-corrected chi connectivity index (χ0v) is 20.1. The minimum Gasteiger partial charge on any atom is -0.381 e. The predicted molar refractivity (Wildman–Crippen MR) is 129 cm³/mol. The molecule has 0 spiro atoms. The number of carbonyl (C=O) groups excluding carboxylic acids is 1. The average molecular weight is 471 g/mol. The third-order valence-corrected chi connectivity index (χ3v) is 7.47. The van der Waals surface area contributed by atoms with Gasteiger partial charge in [0.05, 0.1) is 0 Å². The maximum Gasteiger partial charge on any atom is 0.226 e. The molecule has 34 heavy (non-hydrogen) atoms. The Labute approximate surface area is 201 Å². The van der Waals surface area contributed by atoms with E-state index in [1.165, 1.54) is 11.6 Å². The number of nitrogens with zero attached hydrogens (tertiary/aromatic N) is 2. The Bertz CT molecular complexity index is 925. The molecule has 2 aliphatic heterocycles. The lowest BCUT2D eigenvalue weighted by molar-refractivity contribution is -0.142. The Morgan fingerprint density at radius 3 is 2.41 bits per heavy atom. The molecule has 1 atom stereocenters. The van der Waals surface area contributed by atoms with Crippen LogP contribution >= 0.6 is 0 Å². The highest BCUT2D eigenvalue weighted by atomic mass is 19.1. The number of ether oxygens (including phenoxy) is 1. The van der Waals surface area contributed by atoms with Crippen molar-refractivity contribution in [2.75, 3.05) is 32.8 Å². The minimum atomic E-state index is -0.544. The standard InChI is InChI=1S/C28H36F2N2O2/c1-2-32(28(33)23-12-16-34-17-13-23)27(18-21-6-4-3-5-7-21)22-10-14-31(15-11-22)20-24-8-9-25(29)19-26(24)30/h3-9,19,22-23,27H,2,10-18,20H2,1H3. The molecule has 1 amide bonds. The first-order valence-corrected chi connectivity index (χ1v) is 12.6. The van der Waals surface area contributed by atoms with Crippen LogP contribution in [-0.2, 0) is 22.5 Å². The quantitative estimate of drug-likeness (QED) is 0.541. The summed E-state index contributed by atoms with van der Waals surface area (Å²) in [6.45, 7) is 6.29. The Balaban J connectivity index is 1.46. The number of likely N-dealkylation sites (N-methyl/N-ethyl adjacent to an activating group) is 1. The highest BCUT2D eigenvalue weighted by Crippen LogP contribution is 2.30. The van der Waals surface area contributed by atoms with Gasteiger partial charge in [-0.05, 0) is 69.7 Å². The summed E-state index contributed by atoms with van der Waals surface area (Å²) in [5, 5.41) is 0. The molecule has 184 valence electrons. The first-order valence-electron chi connectivity index (χ1n) is 12.6. The molecule has 4 rings (SSSR count). The molecule has 1 unspecified atom stereocenters. The van der Waals surface area contributed by atoms with Gasteiger partial charge in [0.15, 0.2) is 0 Å². The van der Waals surface area contributed by atoms with E-state index in [2.05, 4.69) is 41.0 Å². The van der Waals surface area contributed by atoms with Crippen LogP contribution in [0.25, 0.3) is 0 Å². The van der Waals surface area contributed by atoms with Gasteiger partial charge in [0.25, 0.3) is 0 Å². The number of rotatable bonds is 8. The lowest BCUT2D eigenvalue weighted by Crippen LogP contribution is -2.51. The van der Waals surface area contributed by atoms with E-state index in [9.17, 15) is 13.6 Å². The van der Waals surface area contributed by atoms with E-state index in [4.69, 9.17) is 4.74 Å². The van der Waals surface area contributed by atoms with Crippen LogP contribution in [0.4, 0.5) is 8.78 Å². The monoisotopic (exact) mass is 470 g/mol. The first-order chi connectivity index (χ1) is 16.5. The minimum absolute atomic E-state index is 0.0495. The topological polar surface area (TPSA) is 32.8 Å². The number of piperidine rings is 1. The molecule has 0 N–H and O–H groups in total. The van der Waals surface area contributed by atoms with Crippen LogP contribution in [0.15, 0.2) is 48.5 Å². The van der Waals surface area contributed by atoms with Crippen LogP contribution in [0.1, 0.15) is 43.7 Å². The van der Waals surface area contributed by atoms with E-state index < -0.39 is 11.6 Å². The summed E-state index contributed by atoms with van der Waals surface area (Å²) < 4.78 is 32.9. The normalized spacial score (nSPS) is 19.1. The molecule has 2 saturated heterocycles. The molecule has 2 fully saturated rings. The number of hydrogen-bond acceptors (Lipinski definition) is 3. The second kappa shape index (κ2) is 11.9. The smallest absolute Gasteiger partial charge is 0.226 e. The van der Waals surface area contributed by atoms with Crippen LogP contribution in [0.5, 0.6) is 0 Å². The Morgan fingerprint density at radius 2 is 1.76 bits per heavy atom. The molecule has 0 bridgehead atoms. The van der Waals surface area contributed by atoms with Gasteiger partial charge >= 0.3 is 0 Å². The SMILES string of the molecule is CCN(C(=O)C1CCOCC1)C(Cc1ccccc1)C1CCN(Cc2ccc(F)cc2F)CC1. The van der Waals surface area contributed by atoms with E-state index >= 15 is 0 Å². The van der Waals surface area contributed by atoms with Crippen molar-refractivity contribution in [2.24, 2.45) is 11.8 Å². The van der Waals surface area contributed by atoms with Crippen molar-refractivity contribution in [3.8, 4) is 0 Å². The average Bonchev–Trinajstić information content (AvgIpc) is 2.87. The van der Waals surface area contributed by atoms with Gasteiger partial charge in [0.2, 0.25) is 5.91 Å². The zero-order chi connectivity index (χ0) is 23.9. The van der Waals surface area contributed by atoms with Crippen molar-refractivity contribution in [1.82, 2.24) is 9.80 Å². The molecule has 2 aliphatic rings. The van der Waals surface area contributed by atoms with Crippen LogP contribution < -0.4 is 0 Å². The van der Waals surface area contributed by atoms with Gasteiger partial charge in [-0.1, -0.05) is 36.4 Å². The second-order valence-electron chi connectivity index (χ2n) is 9.62. The van der Waals surface area contributed by atoms with Crippen molar-refractivity contribution in [3.63, 3.8) is 0 Å². The number of halogens is 2. The lowest BCUT2D eigenvalue weighted by Gasteiger charge is -2.42. The van der Waals surface area contributed by atoms with E-state index in [1.807, 2.05) is 6.07 Å². The van der Waals surface area contributed by atoms with Gasteiger partial charge in [0.1, 0.15) is 11.6 Å². The Kier molecular flexibility index (Phi) is 8.68. The Hall–Kier alpha value is -2.31. The summed E-state index contributed by atoms with van der Waals surface area (Å²) in [7, 11) is 0. The summed E-state index contributed by atoms with van der Waals surface area (Å²) in [5.41, 5.74) is 1.78. The van der Waals surface area contributed by atoms with Crippen LogP contribution in [0.2, 0.25) is 0 Å². The van der Waals surface area contributed by atoms with E-state index in [1.54, 1.807) is 6.07 Å². The largest absolute Gasteiger partial charge is 0.381 e. The lowest BCUT2D eigenvalue weighted by atomic mass is 9.83. The van der Waals surface area contributed by atoms with E-state index in [-0.39, 0.29) is 17.9 Å². The second-order valence-corrected chi connectivity index (χ2v) is 9.62. The number of amides is 1. The third kappa shape index (κ3) is 6.22. The third-order valence-electron chi connectivity index (χ3n) is 7.47. The molecule has 0 radical (unpaired) electrons. The van der Waals surface area contributed by atoms with Gasteiger partial charge in [0, 0.05) is 49.9 Å². The van der Waals surface area contributed by atoms with E-state index in [0.717, 1.165) is 51.3 Å². The number of benzene rings is 2. The number of carbonyl (C=O) groups is 1. The molecule has 2 heterocycles. The van der Waals surface area contributed by atoms with E-state index in [0.29, 0.717) is 37.8 Å². The van der Waals surface area contributed by atoms with Crippen LogP contribution in [0.3, 0.4) is 0 Å². The Morgan fingerprint density at radius 1 is 1.06 bits per heavy atom. The summed E-state index contributed by atoms with van der Waals surface area (Å²) in [6.07, 6.45) is 4.36. The molecular weight excluding hydrogens is 434 g/mol. The fourth-order valence-corrected chi connectivity index (χ4v) is 5.51.